The normalized spacial score (nSPS) is 14.4. The minimum Gasteiger partial charge on any atom is -0.494 e. The number of allylic oxidation sites excluding steroid dienone is 1. The van der Waals surface area contributed by atoms with Gasteiger partial charge in [0.1, 0.15) is 34.6 Å². The van der Waals surface area contributed by atoms with Crippen LogP contribution in [0.2, 0.25) is 0 Å². The highest BCUT2D eigenvalue weighted by atomic mass is 16.6. The van der Waals surface area contributed by atoms with Crippen molar-refractivity contribution in [3.8, 4) is 29.1 Å². The summed E-state index contributed by atoms with van der Waals surface area (Å²) in [5.41, 5.74) is 10.3. The molecule has 2 N–H and O–H groups in total. The number of carbonyl (C=O) groups is 1. The van der Waals surface area contributed by atoms with Gasteiger partial charge in [-0.05, 0) is 73.2 Å². The molecule has 0 saturated heterocycles. The zero-order valence-corrected chi connectivity index (χ0v) is 22.1. The monoisotopic (exact) mass is 512 g/mol. The molecule has 7 nitrogen and oxygen atoms in total. The van der Waals surface area contributed by atoms with E-state index < -0.39 is 11.9 Å². The van der Waals surface area contributed by atoms with E-state index in [2.05, 4.69) is 19.9 Å². The van der Waals surface area contributed by atoms with E-state index in [1.54, 1.807) is 18.2 Å². The predicted molar refractivity (Wildman–Crippen MR) is 144 cm³/mol. The lowest BCUT2D eigenvalue weighted by Gasteiger charge is -2.27. The molecule has 196 valence electrons. The van der Waals surface area contributed by atoms with Crippen molar-refractivity contribution in [2.45, 2.75) is 40.0 Å². The Morgan fingerprint density at radius 1 is 1.00 bits per heavy atom. The molecule has 7 heteroatoms. The number of nitrogens with zero attached hydrogens (tertiary/aromatic N) is 1. The van der Waals surface area contributed by atoms with Gasteiger partial charge in [-0.1, -0.05) is 38.1 Å². The number of ether oxygens (including phenoxy) is 4. The maximum absolute atomic E-state index is 12.4. The third-order valence-corrected chi connectivity index (χ3v) is 6.41. The smallest absolute Gasteiger partial charge is 0.349 e. The largest absolute Gasteiger partial charge is 0.494 e. The van der Waals surface area contributed by atoms with Gasteiger partial charge in [-0.15, -0.1) is 0 Å². The number of rotatable bonds is 9. The lowest BCUT2D eigenvalue weighted by Crippen LogP contribution is -2.21. The van der Waals surface area contributed by atoms with Crippen LogP contribution in [0.5, 0.6) is 23.0 Å². The minimum absolute atomic E-state index is 0.0117. The van der Waals surface area contributed by atoms with Gasteiger partial charge in [0, 0.05) is 11.6 Å². The van der Waals surface area contributed by atoms with Crippen LogP contribution < -0.4 is 24.7 Å². The Bertz CT molecular complexity index is 1400. The fourth-order valence-electron chi connectivity index (χ4n) is 4.15. The quantitative estimate of drug-likeness (QED) is 0.280. The maximum Gasteiger partial charge on any atom is 0.349 e. The SMILES string of the molecule is Cc1ccc(OCC(=O)Oc2ccc3c(c2)OC(N)=C(C#N)C3c2cccc(OCCC(C)C)c2)cc1C. The van der Waals surface area contributed by atoms with E-state index in [1.165, 1.54) is 0 Å². The molecule has 4 rings (SSSR count). The summed E-state index contributed by atoms with van der Waals surface area (Å²) >= 11 is 0. The van der Waals surface area contributed by atoms with E-state index in [0.29, 0.717) is 29.6 Å². The Morgan fingerprint density at radius 3 is 2.50 bits per heavy atom. The molecule has 0 saturated carbocycles. The summed E-state index contributed by atoms with van der Waals surface area (Å²) in [5.74, 6) is 1.57. The molecule has 0 bridgehead atoms. The maximum atomic E-state index is 12.4. The molecule has 3 aromatic carbocycles. The molecule has 0 aromatic heterocycles. The first kappa shape index (κ1) is 26.6. The molecule has 0 fully saturated rings. The number of esters is 1. The van der Waals surface area contributed by atoms with E-state index in [9.17, 15) is 10.1 Å². The molecule has 1 heterocycles. The van der Waals surface area contributed by atoms with E-state index in [1.807, 2.05) is 56.3 Å². The molecular formula is C31H32N2O5. The summed E-state index contributed by atoms with van der Waals surface area (Å²) in [4.78, 5) is 12.4. The topological polar surface area (TPSA) is 104 Å². The number of aryl methyl sites for hydroxylation is 2. The molecule has 0 radical (unpaired) electrons. The van der Waals surface area contributed by atoms with Crippen molar-refractivity contribution in [2.75, 3.05) is 13.2 Å². The zero-order valence-electron chi connectivity index (χ0n) is 22.1. The molecule has 0 amide bonds. The average molecular weight is 513 g/mol. The number of nitriles is 1. The second kappa shape index (κ2) is 11.7. The van der Waals surface area contributed by atoms with Crippen LogP contribution in [0.1, 0.15) is 48.4 Å². The van der Waals surface area contributed by atoms with Crippen molar-refractivity contribution in [1.29, 1.82) is 5.26 Å². The third-order valence-electron chi connectivity index (χ3n) is 6.41. The molecule has 38 heavy (non-hydrogen) atoms. The highest BCUT2D eigenvalue weighted by Crippen LogP contribution is 2.44. The highest BCUT2D eigenvalue weighted by Gasteiger charge is 2.31. The van der Waals surface area contributed by atoms with E-state index in [-0.39, 0.29) is 18.2 Å². The Morgan fingerprint density at radius 2 is 1.76 bits per heavy atom. The van der Waals surface area contributed by atoms with Crippen LogP contribution in [0, 0.1) is 31.1 Å². The first-order chi connectivity index (χ1) is 18.2. The summed E-state index contributed by atoms with van der Waals surface area (Å²) in [7, 11) is 0. The highest BCUT2D eigenvalue weighted by molar-refractivity contribution is 5.74. The fourth-order valence-corrected chi connectivity index (χ4v) is 4.15. The number of carbonyl (C=O) groups excluding carboxylic acids is 1. The van der Waals surface area contributed by atoms with Gasteiger partial charge in [0.25, 0.3) is 0 Å². The fraction of sp³-hybridized carbons (Fsp3) is 0.290. The third kappa shape index (κ3) is 6.27. The number of fused-ring (bicyclic) bond motifs is 1. The van der Waals surface area contributed by atoms with E-state index in [0.717, 1.165) is 34.4 Å². The van der Waals surface area contributed by atoms with E-state index in [4.69, 9.17) is 24.7 Å². The molecule has 1 aliphatic heterocycles. The van der Waals surface area contributed by atoms with Gasteiger partial charge in [0.15, 0.2) is 6.61 Å². The van der Waals surface area contributed by atoms with Crippen LogP contribution in [0.25, 0.3) is 0 Å². The Labute approximate surface area is 223 Å². The van der Waals surface area contributed by atoms with Crippen molar-refractivity contribution in [3.63, 3.8) is 0 Å². The van der Waals surface area contributed by atoms with E-state index >= 15 is 0 Å². The van der Waals surface area contributed by atoms with Crippen molar-refractivity contribution < 1.29 is 23.7 Å². The second-order valence-corrected chi connectivity index (χ2v) is 9.74. The molecule has 0 spiro atoms. The van der Waals surface area contributed by atoms with Crippen LogP contribution in [0.4, 0.5) is 0 Å². The van der Waals surface area contributed by atoms with Gasteiger partial charge < -0.3 is 24.7 Å². The van der Waals surface area contributed by atoms with Crippen LogP contribution in [0.3, 0.4) is 0 Å². The Balaban J connectivity index is 1.51. The van der Waals surface area contributed by atoms with Crippen molar-refractivity contribution in [1.82, 2.24) is 0 Å². The van der Waals surface area contributed by atoms with Gasteiger partial charge in [-0.3, -0.25) is 0 Å². The molecule has 3 aromatic rings. The standard InChI is InChI=1S/C31H32N2O5/c1-19(2)12-13-35-23-7-5-6-22(15-23)30-26-11-10-25(16-28(26)38-31(33)27(30)17-32)37-29(34)18-36-24-9-8-20(3)21(4)14-24/h5-11,14-16,19,30H,12-13,18,33H2,1-4H3. The molecule has 1 aliphatic rings. The minimum atomic E-state index is -0.553. The second-order valence-electron chi connectivity index (χ2n) is 9.74. The van der Waals surface area contributed by atoms with Crippen molar-refractivity contribution in [3.05, 3.63) is 94.4 Å². The summed E-state index contributed by atoms with van der Waals surface area (Å²) < 4.78 is 22.8. The molecular weight excluding hydrogens is 480 g/mol. The summed E-state index contributed by atoms with van der Waals surface area (Å²) in [6, 6.07) is 20.5. The Kier molecular flexibility index (Phi) is 8.22. The zero-order chi connectivity index (χ0) is 27.2. The van der Waals surface area contributed by atoms with Crippen LogP contribution in [-0.4, -0.2) is 19.2 Å². The lowest BCUT2D eigenvalue weighted by atomic mass is 9.83. The first-order valence-electron chi connectivity index (χ1n) is 12.6. The van der Waals surface area contributed by atoms with Gasteiger partial charge >= 0.3 is 5.97 Å². The lowest BCUT2D eigenvalue weighted by molar-refractivity contribution is -0.136. The average Bonchev–Trinajstić information content (AvgIpc) is 2.88. The number of benzene rings is 3. The molecule has 0 aliphatic carbocycles. The van der Waals surface area contributed by atoms with Gasteiger partial charge in [0.05, 0.1) is 12.5 Å². The Hall–Kier alpha value is -4.44. The van der Waals surface area contributed by atoms with Crippen molar-refractivity contribution in [2.24, 2.45) is 11.7 Å². The first-order valence-corrected chi connectivity index (χ1v) is 12.6. The number of nitrogens with two attached hydrogens (primary N) is 1. The predicted octanol–water partition coefficient (Wildman–Crippen LogP) is 5.93. The van der Waals surface area contributed by atoms with Crippen LogP contribution in [0.15, 0.2) is 72.1 Å². The van der Waals surface area contributed by atoms with Crippen LogP contribution >= 0.6 is 0 Å². The van der Waals surface area contributed by atoms with Crippen molar-refractivity contribution >= 4 is 5.97 Å². The summed E-state index contributed by atoms with van der Waals surface area (Å²) in [6.45, 7) is 8.65. The summed E-state index contributed by atoms with van der Waals surface area (Å²) in [5, 5.41) is 9.87. The van der Waals surface area contributed by atoms with Gasteiger partial charge in [-0.25, -0.2) is 4.79 Å². The molecule has 1 atom stereocenters. The van der Waals surface area contributed by atoms with Crippen LogP contribution in [-0.2, 0) is 4.79 Å². The van der Waals surface area contributed by atoms with Gasteiger partial charge in [-0.2, -0.15) is 5.26 Å². The molecule has 1 unspecified atom stereocenters. The number of hydrogen-bond donors (Lipinski definition) is 1. The van der Waals surface area contributed by atoms with Gasteiger partial charge in [0.2, 0.25) is 5.88 Å². The number of hydrogen-bond acceptors (Lipinski definition) is 7. The summed E-state index contributed by atoms with van der Waals surface area (Å²) in [6.07, 6.45) is 0.942.